The number of ether oxygens (including phenoxy) is 3. The molecule has 1 aliphatic rings. The summed E-state index contributed by atoms with van der Waals surface area (Å²) in [6, 6.07) is 0. The summed E-state index contributed by atoms with van der Waals surface area (Å²) < 4.78 is 14.6. The lowest BCUT2D eigenvalue weighted by Gasteiger charge is -2.09. The van der Waals surface area contributed by atoms with E-state index in [-0.39, 0.29) is 25.5 Å². The molecule has 1 rings (SSSR count). The van der Waals surface area contributed by atoms with Gasteiger partial charge in [0.05, 0.1) is 13.2 Å². The third kappa shape index (κ3) is 9.81. The van der Waals surface area contributed by atoms with Crippen molar-refractivity contribution in [2.24, 2.45) is 0 Å². The summed E-state index contributed by atoms with van der Waals surface area (Å²) in [5, 5.41) is 8.30. The average molecular weight is 300 g/mol. The lowest BCUT2D eigenvalue weighted by atomic mass is 10.3. The Morgan fingerprint density at radius 3 is 2.29 bits per heavy atom. The van der Waals surface area contributed by atoms with E-state index < -0.39 is 5.97 Å². The number of carbonyl (C=O) groups is 2. The summed E-state index contributed by atoms with van der Waals surface area (Å²) in [4.78, 5) is 21.5. The van der Waals surface area contributed by atoms with Gasteiger partial charge in [-0.3, -0.25) is 0 Å². The molecule has 1 unspecified atom stereocenters. The first-order chi connectivity index (χ1) is 9.88. The van der Waals surface area contributed by atoms with Gasteiger partial charge in [-0.15, -0.1) is 0 Å². The van der Waals surface area contributed by atoms with Crippen molar-refractivity contribution >= 4 is 11.9 Å². The molecule has 1 saturated heterocycles. The molecule has 1 atom stereocenters. The van der Waals surface area contributed by atoms with E-state index in [0.717, 1.165) is 12.8 Å². The van der Waals surface area contributed by atoms with Gasteiger partial charge < -0.3 is 19.3 Å². The van der Waals surface area contributed by atoms with Gasteiger partial charge in [0.1, 0.15) is 0 Å². The minimum Gasteiger partial charge on any atom is -0.462 e. The Kier molecular flexibility index (Phi) is 10.2. The SMILES string of the molecule is C=C(C)C(=O)OC1CCCO1.C=C(C)C(=O)OCCCO. The van der Waals surface area contributed by atoms with Crippen molar-refractivity contribution in [1.29, 1.82) is 0 Å². The van der Waals surface area contributed by atoms with Crippen LogP contribution in [0.1, 0.15) is 33.1 Å². The minimum atomic E-state index is -0.395. The van der Waals surface area contributed by atoms with Crippen LogP contribution in [-0.4, -0.2) is 43.2 Å². The monoisotopic (exact) mass is 300 g/mol. The van der Waals surface area contributed by atoms with Crippen LogP contribution in [0.25, 0.3) is 0 Å². The molecule has 0 saturated carbocycles. The quantitative estimate of drug-likeness (QED) is 0.457. The predicted molar refractivity (Wildman–Crippen MR) is 77.4 cm³/mol. The Morgan fingerprint density at radius 2 is 1.86 bits per heavy atom. The molecular weight excluding hydrogens is 276 g/mol. The highest BCUT2D eigenvalue weighted by Gasteiger charge is 2.19. The van der Waals surface area contributed by atoms with Gasteiger partial charge in [0.2, 0.25) is 6.29 Å². The molecule has 6 nitrogen and oxygen atoms in total. The second-order valence-corrected chi connectivity index (χ2v) is 4.62. The molecule has 1 aliphatic heterocycles. The van der Waals surface area contributed by atoms with Gasteiger partial charge in [-0.1, -0.05) is 13.2 Å². The van der Waals surface area contributed by atoms with Crippen LogP contribution in [0.4, 0.5) is 0 Å². The average Bonchev–Trinajstić information content (AvgIpc) is 2.92. The highest BCUT2D eigenvalue weighted by Crippen LogP contribution is 2.14. The molecule has 1 N–H and O–H groups in total. The zero-order valence-electron chi connectivity index (χ0n) is 12.7. The van der Waals surface area contributed by atoms with Crippen molar-refractivity contribution in [1.82, 2.24) is 0 Å². The molecule has 0 aromatic heterocycles. The molecule has 6 heteroatoms. The minimum absolute atomic E-state index is 0.0451. The van der Waals surface area contributed by atoms with Crippen molar-refractivity contribution < 1.29 is 28.9 Å². The molecule has 0 spiro atoms. The third-order valence-corrected chi connectivity index (χ3v) is 2.36. The Morgan fingerprint density at radius 1 is 1.24 bits per heavy atom. The maximum absolute atomic E-state index is 10.9. The number of aliphatic hydroxyl groups is 1. The number of aliphatic hydroxyl groups excluding tert-OH is 1. The summed E-state index contributed by atoms with van der Waals surface area (Å²) in [6.45, 7) is 11.1. The first-order valence-corrected chi connectivity index (χ1v) is 6.80. The summed E-state index contributed by atoms with van der Waals surface area (Å²) in [7, 11) is 0. The number of hydrogen-bond acceptors (Lipinski definition) is 6. The fraction of sp³-hybridized carbons (Fsp3) is 0.600. The Hall–Kier alpha value is -1.66. The molecule has 120 valence electrons. The molecule has 1 fully saturated rings. The van der Waals surface area contributed by atoms with E-state index >= 15 is 0 Å². The topological polar surface area (TPSA) is 82.1 Å². The van der Waals surface area contributed by atoms with Gasteiger partial charge in [0.15, 0.2) is 0 Å². The van der Waals surface area contributed by atoms with Gasteiger partial charge in [0.25, 0.3) is 0 Å². The van der Waals surface area contributed by atoms with Crippen LogP contribution >= 0.6 is 0 Å². The van der Waals surface area contributed by atoms with E-state index in [9.17, 15) is 9.59 Å². The molecule has 0 bridgehead atoms. The van der Waals surface area contributed by atoms with E-state index in [1.165, 1.54) is 0 Å². The molecule has 0 radical (unpaired) electrons. The van der Waals surface area contributed by atoms with E-state index in [1.807, 2.05) is 0 Å². The van der Waals surface area contributed by atoms with E-state index in [2.05, 4.69) is 17.9 Å². The van der Waals surface area contributed by atoms with Crippen molar-refractivity contribution in [2.75, 3.05) is 19.8 Å². The smallest absolute Gasteiger partial charge is 0.335 e. The van der Waals surface area contributed by atoms with Gasteiger partial charge in [-0.2, -0.15) is 0 Å². The zero-order chi connectivity index (χ0) is 16.3. The first kappa shape index (κ1) is 19.3. The van der Waals surface area contributed by atoms with E-state index in [0.29, 0.717) is 24.2 Å². The van der Waals surface area contributed by atoms with Crippen LogP contribution < -0.4 is 0 Å². The summed E-state index contributed by atoms with van der Waals surface area (Å²) in [5.41, 5.74) is 0.804. The maximum atomic E-state index is 10.9. The molecule has 0 aromatic carbocycles. The van der Waals surface area contributed by atoms with Crippen LogP contribution in [0.5, 0.6) is 0 Å². The maximum Gasteiger partial charge on any atom is 0.335 e. The van der Waals surface area contributed by atoms with E-state index in [1.54, 1.807) is 13.8 Å². The molecule has 0 aromatic rings. The summed E-state index contributed by atoms with van der Waals surface area (Å²) in [6.07, 6.45) is 1.92. The number of rotatable bonds is 6. The van der Waals surface area contributed by atoms with Crippen LogP contribution in [-0.2, 0) is 23.8 Å². The van der Waals surface area contributed by atoms with Gasteiger partial charge in [0, 0.05) is 30.6 Å². The Bertz CT molecular complexity index is 368. The lowest BCUT2D eigenvalue weighted by molar-refractivity contribution is -0.164. The number of esters is 2. The molecular formula is C15H24O6. The molecule has 0 amide bonds. The lowest BCUT2D eigenvalue weighted by Crippen LogP contribution is -2.16. The number of hydrogen-bond donors (Lipinski definition) is 1. The van der Waals surface area contributed by atoms with Gasteiger partial charge in [-0.05, 0) is 20.3 Å². The highest BCUT2D eigenvalue weighted by molar-refractivity contribution is 5.87. The summed E-state index contributed by atoms with van der Waals surface area (Å²) >= 11 is 0. The fourth-order valence-corrected chi connectivity index (χ4v) is 1.21. The highest BCUT2D eigenvalue weighted by atomic mass is 16.7. The second-order valence-electron chi connectivity index (χ2n) is 4.62. The second kappa shape index (κ2) is 11.0. The zero-order valence-corrected chi connectivity index (χ0v) is 12.7. The molecule has 1 heterocycles. The van der Waals surface area contributed by atoms with E-state index in [4.69, 9.17) is 14.6 Å². The van der Waals surface area contributed by atoms with Crippen LogP contribution in [0.15, 0.2) is 24.3 Å². The van der Waals surface area contributed by atoms with Crippen LogP contribution in [0.2, 0.25) is 0 Å². The van der Waals surface area contributed by atoms with Gasteiger partial charge in [-0.25, -0.2) is 9.59 Å². The van der Waals surface area contributed by atoms with Crippen molar-refractivity contribution in [3.8, 4) is 0 Å². The summed E-state index contributed by atoms with van der Waals surface area (Å²) in [5.74, 6) is -0.759. The van der Waals surface area contributed by atoms with Crippen LogP contribution in [0, 0.1) is 0 Å². The van der Waals surface area contributed by atoms with Crippen molar-refractivity contribution in [3.63, 3.8) is 0 Å². The standard InChI is InChI=1S/C8H12O3.C7H12O3/c1-6(2)8(9)11-7-4-3-5-10-7;1-6(2)7(9)10-5-3-4-8/h7H,1,3-5H2,2H3;8H,1,3-5H2,2H3. The fourth-order valence-electron chi connectivity index (χ4n) is 1.21. The predicted octanol–water partition coefficient (Wildman–Crippen LogP) is 1.73. The number of carbonyl (C=O) groups excluding carboxylic acids is 2. The first-order valence-electron chi connectivity index (χ1n) is 6.80. The normalized spacial score (nSPS) is 16.4. The Labute approximate surface area is 125 Å². The largest absolute Gasteiger partial charge is 0.462 e. The molecule has 21 heavy (non-hydrogen) atoms. The van der Waals surface area contributed by atoms with Crippen molar-refractivity contribution in [3.05, 3.63) is 24.3 Å². The third-order valence-electron chi connectivity index (χ3n) is 2.36. The van der Waals surface area contributed by atoms with Crippen molar-refractivity contribution in [2.45, 2.75) is 39.4 Å². The van der Waals surface area contributed by atoms with Gasteiger partial charge >= 0.3 is 11.9 Å². The van der Waals surface area contributed by atoms with Crippen LogP contribution in [0.3, 0.4) is 0 Å². The molecule has 0 aliphatic carbocycles. The Balaban J connectivity index is 0.000000384.